The minimum Gasteiger partial charge on any atom is -0.337 e. The second-order valence-electron chi connectivity index (χ2n) is 5.97. The molecule has 21 heavy (non-hydrogen) atoms. The van der Waals surface area contributed by atoms with Crippen LogP contribution in [0.5, 0.6) is 0 Å². The van der Waals surface area contributed by atoms with Gasteiger partial charge in [0.15, 0.2) is 9.84 Å². The lowest BCUT2D eigenvalue weighted by atomic mass is 9.94. The zero-order chi connectivity index (χ0) is 15.0. The first kappa shape index (κ1) is 14.5. The third kappa shape index (κ3) is 2.96. The normalized spacial score (nSPS) is 25.7. The first-order chi connectivity index (χ1) is 9.95. The van der Waals surface area contributed by atoms with E-state index in [9.17, 15) is 13.2 Å². The summed E-state index contributed by atoms with van der Waals surface area (Å²) in [7, 11) is -3.29. The van der Waals surface area contributed by atoms with Gasteiger partial charge in [0, 0.05) is 31.0 Å². The minimum absolute atomic E-state index is 0.0725. The smallest absolute Gasteiger partial charge is 0.253 e. The molecule has 0 bridgehead atoms. The van der Waals surface area contributed by atoms with E-state index in [0.717, 1.165) is 32.2 Å². The lowest BCUT2D eigenvalue weighted by Gasteiger charge is -2.24. The number of piperidine rings is 1. The van der Waals surface area contributed by atoms with Gasteiger partial charge in [-0.1, -0.05) is 6.07 Å². The van der Waals surface area contributed by atoms with Crippen LogP contribution in [-0.4, -0.2) is 51.2 Å². The maximum Gasteiger partial charge on any atom is 0.253 e. The van der Waals surface area contributed by atoms with E-state index in [1.54, 1.807) is 12.1 Å². The summed E-state index contributed by atoms with van der Waals surface area (Å²) >= 11 is 0. The Hall–Kier alpha value is -1.40. The maximum atomic E-state index is 12.6. The number of rotatable bonds is 2. The molecule has 2 heterocycles. The van der Waals surface area contributed by atoms with Gasteiger partial charge in [-0.25, -0.2) is 8.42 Å². The molecule has 2 aliphatic rings. The molecule has 2 atom stereocenters. The first-order valence-electron chi connectivity index (χ1n) is 7.28. The van der Waals surface area contributed by atoms with Crippen LogP contribution in [0.15, 0.2) is 29.2 Å². The Kier molecular flexibility index (Phi) is 3.75. The van der Waals surface area contributed by atoms with Gasteiger partial charge in [0.25, 0.3) is 5.91 Å². The van der Waals surface area contributed by atoms with E-state index in [-0.39, 0.29) is 10.8 Å². The number of nitrogens with zero attached hydrogens (tertiary/aromatic N) is 1. The number of hydrogen-bond donors (Lipinski definition) is 1. The van der Waals surface area contributed by atoms with Crippen LogP contribution in [0, 0.1) is 5.92 Å². The van der Waals surface area contributed by atoms with E-state index in [2.05, 4.69) is 5.32 Å². The van der Waals surface area contributed by atoms with Gasteiger partial charge in [0.1, 0.15) is 0 Å². The van der Waals surface area contributed by atoms with Crippen LogP contribution in [0.3, 0.4) is 0 Å². The SMILES string of the molecule is CS(=O)(=O)c1cccc(C(=O)N2C[C@@H]3CCCN[C@@H]3C2)c1. The fourth-order valence-corrected chi connectivity index (χ4v) is 3.92. The average molecular weight is 308 g/mol. The molecule has 0 aliphatic carbocycles. The van der Waals surface area contributed by atoms with E-state index in [1.165, 1.54) is 12.1 Å². The van der Waals surface area contributed by atoms with Crippen LogP contribution >= 0.6 is 0 Å². The van der Waals surface area contributed by atoms with Crippen molar-refractivity contribution in [2.45, 2.75) is 23.8 Å². The largest absolute Gasteiger partial charge is 0.337 e. The number of likely N-dealkylation sites (tertiary alicyclic amines) is 1. The van der Waals surface area contributed by atoms with Crippen molar-refractivity contribution >= 4 is 15.7 Å². The molecule has 0 aromatic heterocycles. The highest BCUT2D eigenvalue weighted by molar-refractivity contribution is 7.90. The quantitative estimate of drug-likeness (QED) is 0.882. The molecule has 3 rings (SSSR count). The molecule has 5 nitrogen and oxygen atoms in total. The summed E-state index contributed by atoms with van der Waals surface area (Å²) in [5.41, 5.74) is 0.455. The molecule has 0 spiro atoms. The Labute approximate surface area is 125 Å². The van der Waals surface area contributed by atoms with Gasteiger partial charge in [0.05, 0.1) is 4.90 Å². The van der Waals surface area contributed by atoms with Gasteiger partial charge < -0.3 is 10.2 Å². The van der Waals surface area contributed by atoms with Crippen LogP contribution in [-0.2, 0) is 9.84 Å². The van der Waals surface area contributed by atoms with Crippen LogP contribution in [0.4, 0.5) is 0 Å². The van der Waals surface area contributed by atoms with Crippen LogP contribution < -0.4 is 5.32 Å². The van der Waals surface area contributed by atoms with Gasteiger partial charge in [-0.2, -0.15) is 0 Å². The van der Waals surface area contributed by atoms with E-state index in [4.69, 9.17) is 0 Å². The molecule has 1 N–H and O–H groups in total. The van der Waals surface area contributed by atoms with Crippen LogP contribution in [0.25, 0.3) is 0 Å². The zero-order valence-corrected chi connectivity index (χ0v) is 12.9. The van der Waals surface area contributed by atoms with Crippen molar-refractivity contribution in [3.63, 3.8) is 0 Å². The number of benzene rings is 1. The lowest BCUT2D eigenvalue weighted by Crippen LogP contribution is -2.41. The molecule has 1 aromatic carbocycles. The zero-order valence-electron chi connectivity index (χ0n) is 12.1. The molecular weight excluding hydrogens is 288 g/mol. The van der Waals surface area contributed by atoms with E-state index >= 15 is 0 Å². The van der Waals surface area contributed by atoms with Crippen molar-refractivity contribution in [1.29, 1.82) is 0 Å². The maximum absolute atomic E-state index is 12.6. The van der Waals surface area contributed by atoms with Crippen molar-refractivity contribution in [3.8, 4) is 0 Å². The molecule has 114 valence electrons. The summed E-state index contributed by atoms with van der Waals surface area (Å²) in [6.45, 7) is 2.50. The van der Waals surface area contributed by atoms with E-state index in [0.29, 0.717) is 24.1 Å². The Balaban J connectivity index is 1.80. The monoisotopic (exact) mass is 308 g/mol. The summed E-state index contributed by atoms with van der Waals surface area (Å²) in [6.07, 6.45) is 3.47. The molecule has 0 radical (unpaired) electrons. The van der Waals surface area contributed by atoms with Gasteiger partial charge in [-0.3, -0.25) is 4.79 Å². The van der Waals surface area contributed by atoms with Gasteiger partial charge >= 0.3 is 0 Å². The highest BCUT2D eigenvalue weighted by Crippen LogP contribution is 2.26. The Morgan fingerprint density at radius 3 is 2.86 bits per heavy atom. The lowest BCUT2D eigenvalue weighted by molar-refractivity contribution is 0.0785. The van der Waals surface area contributed by atoms with Gasteiger partial charge in [0.2, 0.25) is 0 Å². The summed E-state index contributed by atoms with van der Waals surface area (Å²) in [5, 5.41) is 3.46. The highest BCUT2D eigenvalue weighted by atomic mass is 32.2. The fourth-order valence-electron chi connectivity index (χ4n) is 3.25. The van der Waals surface area contributed by atoms with Gasteiger partial charge in [-0.15, -0.1) is 0 Å². The third-order valence-electron chi connectivity index (χ3n) is 4.40. The summed E-state index contributed by atoms with van der Waals surface area (Å²) < 4.78 is 23.2. The predicted molar refractivity (Wildman–Crippen MR) is 80.0 cm³/mol. The Morgan fingerprint density at radius 1 is 1.33 bits per heavy atom. The van der Waals surface area contributed by atoms with E-state index in [1.807, 2.05) is 4.90 Å². The predicted octanol–water partition coefficient (Wildman–Crippen LogP) is 0.914. The topological polar surface area (TPSA) is 66.5 Å². The molecule has 1 aromatic rings. The Morgan fingerprint density at radius 2 is 2.14 bits per heavy atom. The number of hydrogen-bond acceptors (Lipinski definition) is 4. The third-order valence-corrected chi connectivity index (χ3v) is 5.51. The van der Waals surface area contributed by atoms with Crippen LogP contribution in [0.2, 0.25) is 0 Å². The first-order valence-corrected chi connectivity index (χ1v) is 9.17. The van der Waals surface area contributed by atoms with E-state index < -0.39 is 9.84 Å². The van der Waals surface area contributed by atoms with Crippen molar-refractivity contribution in [2.24, 2.45) is 5.92 Å². The summed E-state index contributed by atoms with van der Waals surface area (Å²) in [6, 6.07) is 6.71. The van der Waals surface area contributed by atoms with Crippen LogP contribution in [0.1, 0.15) is 23.2 Å². The second kappa shape index (κ2) is 5.42. The number of nitrogens with one attached hydrogen (secondary N) is 1. The average Bonchev–Trinajstić information content (AvgIpc) is 2.89. The molecule has 2 saturated heterocycles. The number of fused-ring (bicyclic) bond motifs is 1. The molecular formula is C15H20N2O3S. The molecule has 0 unspecified atom stereocenters. The van der Waals surface area contributed by atoms with Crippen molar-refractivity contribution in [3.05, 3.63) is 29.8 Å². The number of carbonyl (C=O) groups is 1. The molecule has 0 saturated carbocycles. The molecule has 2 aliphatic heterocycles. The highest BCUT2D eigenvalue weighted by Gasteiger charge is 2.36. The summed E-state index contributed by atoms with van der Waals surface area (Å²) in [5.74, 6) is 0.456. The number of carbonyl (C=O) groups excluding carboxylic acids is 1. The van der Waals surface area contributed by atoms with Crippen molar-refractivity contribution < 1.29 is 13.2 Å². The van der Waals surface area contributed by atoms with Gasteiger partial charge in [-0.05, 0) is 43.5 Å². The Bertz CT molecular complexity index is 643. The van der Waals surface area contributed by atoms with Crippen molar-refractivity contribution in [2.75, 3.05) is 25.9 Å². The molecule has 6 heteroatoms. The fraction of sp³-hybridized carbons (Fsp3) is 0.533. The standard InChI is InChI=1S/C15H20N2O3S/c1-21(19,20)13-6-2-4-11(8-13)15(18)17-9-12-5-3-7-16-14(12)10-17/h2,4,6,8,12,14,16H,3,5,7,9-10H2,1H3/t12-,14+/m0/s1. The minimum atomic E-state index is -3.29. The number of sulfone groups is 1. The summed E-state index contributed by atoms with van der Waals surface area (Å²) in [4.78, 5) is 14.6. The molecule has 1 amide bonds. The number of amides is 1. The van der Waals surface area contributed by atoms with Crippen molar-refractivity contribution in [1.82, 2.24) is 10.2 Å². The molecule has 2 fully saturated rings. The second-order valence-corrected chi connectivity index (χ2v) is 7.99.